The van der Waals surface area contributed by atoms with Gasteiger partial charge in [-0.3, -0.25) is 9.59 Å². The van der Waals surface area contributed by atoms with Crippen molar-refractivity contribution < 1.29 is 29.3 Å². The summed E-state index contributed by atoms with van der Waals surface area (Å²) in [5.41, 5.74) is 6.01. The van der Waals surface area contributed by atoms with Crippen LogP contribution in [0.25, 0.3) is 33.8 Å². The van der Waals surface area contributed by atoms with Crippen molar-refractivity contribution in [3.63, 3.8) is 0 Å². The zero-order valence-corrected chi connectivity index (χ0v) is 38.1. The van der Waals surface area contributed by atoms with Gasteiger partial charge in [-0.2, -0.15) is 10.2 Å². The molecular weight excluding hydrogens is 831 g/mol. The fourth-order valence-electron chi connectivity index (χ4n) is 8.77. The van der Waals surface area contributed by atoms with E-state index in [0.29, 0.717) is 60.7 Å². The lowest BCUT2D eigenvalue weighted by Crippen LogP contribution is -2.62. The van der Waals surface area contributed by atoms with Gasteiger partial charge in [0, 0.05) is 62.9 Å². The number of hydrogen-bond acceptors (Lipinski definition) is 9. The molecule has 10 rings (SSSR count). The molecule has 0 radical (unpaired) electrons. The van der Waals surface area contributed by atoms with Crippen molar-refractivity contribution in [3.8, 4) is 22.5 Å². The first-order valence-corrected chi connectivity index (χ1v) is 22.5. The Morgan fingerprint density at radius 3 is 1.57 bits per heavy atom. The van der Waals surface area contributed by atoms with E-state index in [9.17, 15) is 23.2 Å². The molecule has 2 saturated heterocycles. The number of halogens is 2. The Hall–Kier alpha value is -6.29. The first kappa shape index (κ1) is 43.9. The molecule has 342 valence electrons. The number of rotatable bonds is 6. The van der Waals surface area contributed by atoms with E-state index in [1.54, 1.807) is 55.5 Å². The number of hydrogen-bond donors (Lipinski definition) is 1. The van der Waals surface area contributed by atoms with Crippen LogP contribution in [0.1, 0.15) is 120 Å². The lowest BCUT2D eigenvalue weighted by Gasteiger charge is -2.46. The summed E-state index contributed by atoms with van der Waals surface area (Å²) in [6.45, 7) is 16.8. The minimum atomic E-state index is -0.603. The van der Waals surface area contributed by atoms with Crippen molar-refractivity contribution in [2.75, 3.05) is 39.3 Å². The number of carbonyl (C=O) groups excluding carboxylic acids is 3. The second-order valence-corrected chi connectivity index (χ2v) is 19.9. The van der Waals surface area contributed by atoms with Crippen molar-refractivity contribution in [3.05, 3.63) is 107 Å². The Morgan fingerprint density at radius 1 is 0.692 bits per heavy atom. The topological polar surface area (TPSA) is 143 Å². The molecular formula is C49H58F2N10O4. The number of imidazole rings is 2. The normalized spacial score (nSPS) is 18.4. The standard InChI is InChI=1S/C27H32FN5O3.C22H24FN5O.H2/c1-26(2,3)36-25(35)31-12-13-32(27(4,5)16-31)24(34)22-15-33-23(29-22)20(17-6-7-17)14-21(30-33)18-8-10-19(28)11-9-18;1-22(2)13-24-9-10-27(22)21(29)19-12-28-20(25-19)17(14-3-4-14)11-18(26-28)15-5-7-16(23)8-6-15;/h8-11,14-15,17H,6-7,12-13,16H2,1-5H3;5-8,11-12,14,24H,3-4,9-10,13H2,1-2H3;1H. The van der Waals surface area contributed by atoms with Crippen LogP contribution in [0.15, 0.2) is 73.1 Å². The fourth-order valence-corrected chi connectivity index (χ4v) is 8.77. The largest absolute Gasteiger partial charge is 0.444 e. The molecule has 2 aliphatic heterocycles. The van der Waals surface area contributed by atoms with Gasteiger partial charge in [0.1, 0.15) is 28.6 Å². The van der Waals surface area contributed by atoms with Crippen LogP contribution in [0, 0.1) is 11.6 Å². The van der Waals surface area contributed by atoms with Crippen LogP contribution >= 0.6 is 0 Å². The molecule has 4 aliphatic rings. The lowest BCUT2D eigenvalue weighted by atomic mass is 9.98. The predicted octanol–water partition coefficient (Wildman–Crippen LogP) is 8.37. The maximum Gasteiger partial charge on any atom is 0.410 e. The summed E-state index contributed by atoms with van der Waals surface area (Å²) in [6, 6.07) is 16.6. The zero-order valence-electron chi connectivity index (χ0n) is 38.1. The fraction of sp³-hybridized carbons (Fsp3) is 0.449. The molecule has 2 aromatic carbocycles. The maximum atomic E-state index is 13.6. The van der Waals surface area contributed by atoms with Crippen molar-refractivity contribution in [2.45, 2.75) is 103 Å². The van der Waals surface area contributed by atoms with Crippen LogP contribution in [0.2, 0.25) is 0 Å². The molecule has 4 fully saturated rings. The quantitative estimate of drug-likeness (QED) is 0.175. The summed E-state index contributed by atoms with van der Waals surface area (Å²) in [6.07, 6.45) is 7.40. The van der Waals surface area contributed by atoms with E-state index in [-0.39, 0.29) is 36.5 Å². The molecule has 2 saturated carbocycles. The minimum absolute atomic E-state index is 0. The van der Waals surface area contributed by atoms with Gasteiger partial charge in [-0.15, -0.1) is 0 Å². The molecule has 14 nitrogen and oxygen atoms in total. The number of nitrogens with zero attached hydrogens (tertiary/aromatic N) is 9. The van der Waals surface area contributed by atoms with E-state index in [1.807, 2.05) is 51.7 Å². The van der Waals surface area contributed by atoms with Crippen molar-refractivity contribution in [1.29, 1.82) is 0 Å². The Labute approximate surface area is 378 Å². The Morgan fingerprint density at radius 2 is 1.15 bits per heavy atom. The number of aromatic nitrogens is 6. The summed E-state index contributed by atoms with van der Waals surface area (Å²) in [5.74, 6) is -0.000395. The van der Waals surface area contributed by atoms with Gasteiger partial charge < -0.3 is 24.8 Å². The summed E-state index contributed by atoms with van der Waals surface area (Å²) in [7, 11) is 0. The predicted molar refractivity (Wildman–Crippen MR) is 244 cm³/mol. The molecule has 6 aromatic rings. The van der Waals surface area contributed by atoms with Gasteiger partial charge >= 0.3 is 6.09 Å². The number of fused-ring (bicyclic) bond motifs is 2. The van der Waals surface area contributed by atoms with Crippen molar-refractivity contribution in [2.24, 2.45) is 0 Å². The number of amides is 3. The third-order valence-electron chi connectivity index (χ3n) is 12.5. The summed E-state index contributed by atoms with van der Waals surface area (Å²) in [5, 5.41) is 12.7. The van der Waals surface area contributed by atoms with Gasteiger partial charge in [0.05, 0.1) is 34.9 Å². The van der Waals surface area contributed by atoms with Crippen LogP contribution in [-0.2, 0) is 4.74 Å². The van der Waals surface area contributed by atoms with Crippen LogP contribution in [-0.4, -0.2) is 118 Å². The first-order chi connectivity index (χ1) is 30.8. The average molecular weight is 889 g/mol. The second kappa shape index (κ2) is 16.6. The molecule has 6 heterocycles. The molecule has 16 heteroatoms. The van der Waals surface area contributed by atoms with Gasteiger partial charge in [0.2, 0.25) is 0 Å². The minimum Gasteiger partial charge on any atom is -0.444 e. The highest BCUT2D eigenvalue weighted by Gasteiger charge is 2.41. The Balaban J connectivity index is 0.000000180. The molecule has 0 atom stereocenters. The van der Waals surface area contributed by atoms with E-state index < -0.39 is 11.1 Å². The first-order valence-electron chi connectivity index (χ1n) is 22.5. The van der Waals surface area contributed by atoms with Crippen LogP contribution < -0.4 is 5.32 Å². The van der Waals surface area contributed by atoms with Crippen molar-refractivity contribution in [1.82, 2.24) is 49.2 Å². The summed E-state index contributed by atoms with van der Waals surface area (Å²) < 4.78 is 35.7. The van der Waals surface area contributed by atoms with Crippen LogP contribution in [0.3, 0.4) is 0 Å². The Bertz CT molecular complexity index is 2790. The molecule has 4 aromatic heterocycles. The van der Waals surface area contributed by atoms with Gasteiger partial charge in [0.15, 0.2) is 11.3 Å². The number of piperazine rings is 2. The van der Waals surface area contributed by atoms with Gasteiger partial charge in [-0.25, -0.2) is 32.6 Å². The van der Waals surface area contributed by atoms with E-state index in [2.05, 4.69) is 24.3 Å². The monoisotopic (exact) mass is 888 g/mol. The van der Waals surface area contributed by atoms with E-state index >= 15 is 0 Å². The summed E-state index contributed by atoms with van der Waals surface area (Å²) in [4.78, 5) is 54.2. The van der Waals surface area contributed by atoms with E-state index in [1.165, 1.54) is 24.3 Å². The number of carbonyl (C=O) groups is 3. The zero-order chi connectivity index (χ0) is 46.0. The van der Waals surface area contributed by atoms with E-state index in [4.69, 9.17) is 19.8 Å². The van der Waals surface area contributed by atoms with Gasteiger partial charge in [-0.05, 0) is 147 Å². The van der Waals surface area contributed by atoms with Gasteiger partial charge in [0.25, 0.3) is 11.8 Å². The molecule has 0 spiro atoms. The SMILES string of the molecule is CC(C)(C)OC(=O)N1CCN(C(=O)c2cn3nc(-c4ccc(F)cc4)cc(C4CC4)c3n2)C(C)(C)C1.CC1(C)CNCCN1C(=O)c1cn2nc(-c3ccc(F)cc3)cc(C3CC3)c2n1.[HH]. The average Bonchev–Trinajstić information content (AvgIpc) is 4.19. The lowest BCUT2D eigenvalue weighted by molar-refractivity contribution is -0.0110. The second-order valence-electron chi connectivity index (χ2n) is 19.9. The highest BCUT2D eigenvalue weighted by Crippen LogP contribution is 2.44. The molecule has 0 bridgehead atoms. The van der Waals surface area contributed by atoms with Gasteiger partial charge in [-0.1, -0.05) is 0 Å². The maximum absolute atomic E-state index is 13.6. The smallest absolute Gasteiger partial charge is 0.410 e. The highest BCUT2D eigenvalue weighted by atomic mass is 19.1. The number of benzene rings is 2. The third-order valence-corrected chi connectivity index (χ3v) is 12.5. The molecule has 2 aliphatic carbocycles. The Kier molecular flexibility index (Phi) is 11.2. The van der Waals surface area contributed by atoms with Crippen molar-refractivity contribution >= 4 is 29.2 Å². The molecule has 3 amide bonds. The molecule has 1 N–H and O–H groups in total. The van der Waals surface area contributed by atoms with E-state index in [0.717, 1.165) is 72.4 Å². The van der Waals surface area contributed by atoms with Crippen LogP contribution in [0.5, 0.6) is 0 Å². The third kappa shape index (κ3) is 9.31. The number of nitrogens with one attached hydrogen (secondary N) is 1. The number of ether oxygens (including phenoxy) is 1. The van der Waals surface area contributed by atoms with Crippen LogP contribution in [0.4, 0.5) is 13.6 Å². The highest BCUT2D eigenvalue weighted by molar-refractivity contribution is 5.94. The molecule has 65 heavy (non-hydrogen) atoms. The summed E-state index contributed by atoms with van der Waals surface area (Å²) >= 11 is 0. The molecule has 0 unspecified atom stereocenters.